The van der Waals surface area contributed by atoms with Gasteiger partial charge in [-0.25, -0.2) is 0 Å². The van der Waals surface area contributed by atoms with Crippen molar-refractivity contribution in [3.63, 3.8) is 0 Å². The number of ketones is 1. The second kappa shape index (κ2) is 9.21. The minimum absolute atomic E-state index is 0.0689. The molecule has 0 saturated carbocycles. The molecule has 1 amide bonds. The van der Waals surface area contributed by atoms with Crippen molar-refractivity contribution in [3.05, 3.63) is 65.2 Å². The molecule has 1 N–H and O–H groups in total. The number of hydrogen-bond donors (Lipinski definition) is 1. The van der Waals surface area contributed by atoms with E-state index in [4.69, 9.17) is 0 Å². The fraction of sp³-hybridized carbons (Fsp3) is 0.300. The van der Waals surface area contributed by atoms with Crippen LogP contribution in [0, 0.1) is 6.92 Å². The zero-order chi connectivity index (χ0) is 19.9. The van der Waals surface area contributed by atoms with Crippen LogP contribution in [0.15, 0.2) is 48.5 Å². The molecule has 27 heavy (non-hydrogen) atoms. The van der Waals surface area contributed by atoms with Crippen LogP contribution in [0.5, 0.6) is 5.75 Å². The van der Waals surface area contributed by atoms with Crippen molar-refractivity contribution in [2.75, 3.05) is 6.61 Å². The molecule has 2 aromatic carbocycles. The molecule has 0 saturated heterocycles. The van der Waals surface area contributed by atoms with Crippen LogP contribution in [-0.4, -0.2) is 24.5 Å². The van der Waals surface area contributed by atoms with E-state index in [-0.39, 0.29) is 36.8 Å². The van der Waals surface area contributed by atoms with Crippen LogP contribution in [0.3, 0.4) is 0 Å². The molecule has 0 spiro atoms. The first-order chi connectivity index (χ1) is 12.7. The fourth-order valence-electron chi connectivity index (χ4n) is 2.27. The molecule has 0 atom stereocenters. The van der Waals surface area contributed by atoms with Crippen molar-refractivity contribution < 1.29 is 27.5 Å². The first-order valence-corrected chi connectivity index (χ1v) is 8.38. The van der Waals surface area contributed by atoms with Gasteiger partial charge in [0.1, 0.15) is 5.75 Å². The van der Waals surface area contributed by atoms with Gasteiger partial charge in [-0.1, -0.05) is 42.0 Å². The van der Waals surface area contributed by atoms with Crippen LogP contribution in [0.25, 0.3) is 0 Å². The minimum atomic E-state index is -4.39. The largest absolute Gasteiger partial charge is 0.484 e. The van der Waals surface area contributed by atoms with Crippen LogP contribution in [0.4, 0.5) is 13.2 Å². The summed E-state index contributed by atoms with van der Waals surface area (Å²) in [5.41, 5.74) is 2.34. The van der Waals surface area contributed by atoms with Gasteiger partial charge in [-0.3, -0.25) is 9.59 Å². The lowest BCUT2D eigenvalue weighted by Gasteiger charge is -2.10. The Morgan fingerprint density at radius 2 is 1.59 bits per heavy atom. The topological polar surface area (TPSA) is 55.4 Å². The number of nitrogens with one attached hydrogen (secondary N) is 1. The lowest BCUT2D eigenvalue weighted by atomic mass is 10.0. The normalized spacial score (nSPS) is 11.1. The zero-order valence-corrected chi connectivity index (χ0v) is 14.8. The van der Waals surface area contributed by atoms with Gasteiger partial charge < -0.3 is 10.1 Å². The summed E-state index contributed by atoms with van der Waals surface area (Å²) in [5, 5.41) is 2.68. The highest BCUT2D eigenvalue weighted by Crippen LogP contribution is 2.18. The second-order valence-corrected chi connectivity index (χ2v) is 6.11. The van der Waals surface area contributed by atoms with E-state index < -0.39 is 12.8 Å². The molecule has 0 bridgehead atoms. The van der Waals surface area contributed by atoms with Gasteiger partial charge >= 0.3 is 6.18 Å². The van der Waals surface area contributed by atoms with Crippen LogP contribution >= 0.6 is 0 Å². The smallest absolute Gasteiger partial charge is 0.422 e. The summed E-state index contributed by atoms with van der Waals surface area (Å²) >= 11 is 0. The summed E-state index contributed by atoms with van der Waals surface area (Å²) in [6.45, 7) is 0.798. The predicted octanol–water partition coefficient (Wildman–Crippen LogP) is 4.22. The Balaban J connectivity index is 1.73. The van der Waals surface area contributed by atoms with Crippen LogP contribution in [0.1, 0.15) is 34.3 Å². The quantitative estimate of drug-likeness (QED) is 0.699. The van der Waals surface area contributed by atoms with Gasteiger partial charge in [0.15, 0.2) is 12.4 Å². The summed E-state index contributed by atoms with van der Waals surface area (Å²) in [5.74, 6) is -0.268. The molecule has 7 heteroatoms. The number of ether oxygens (including phenoxy) is 1. The van der Waals surface area contributed by atoms with E-state index in [0.717, 1.165) is 5.56 Å². The van der Waals surface area contributed by atoms with Crippen molar-refractivity contribution in [2.24, 2.45) is 0 Å². The van der Waals surface area contributed by atoms with Gasteiger partial charge in [0.2, 0.25) is 5.91 Å². The summed E-state index contributed by atoms with van der Waals surface area (Å²) < 4.78 is 40.9. The van der Waals surface area contributed by atoms with Crippen LogP contribution < -0.4 is 10.1 Å². The van der Waals surface area contributed by atoms with Crippen LogP contribution in [0.2, 0.25) is 0 Å². The molecular weight excluding hydrogens is 359 g/mol. The predicted molar refractivity (Wildman–Crippen MR) is 94.6 cm³/mol. The third-order valence-corrected chi connectivity index (χ3v) is 3.77. The number of halogens is 3. The van der Waals surface area contributed by atoms with Crippen molar-refractivity contribution in [3.8, 4) is 5.75 Å². The minimum Gasteiger partial charge on any atom is -0.484 e. The average molecular weight is 379 g/mol. The molecule has 0 aliphatic heterocycles. The standard InChI is InChI=1S/C20H20F3NO3/c1-14-2-6-16(7-3-14)18(25)10-11-19(26)24-12-15-4-8-17(9-5-15)27-13-20(21,22)23/h2-9H,10-13H2,1H3,(H,24,26). The van der Waals surface area contributed by atoms with E-state index in [2.05, 4.69) is 10.1 Å². The summed E-state index contributed by atoms with van der Waals surface area (Å²) in [4.78, 5) is 23.9. The molecule has 4 nitrogen and oxygen atoms in total. The van der Waals surface area contributed by atoms with Crippen molar-refractivity contribution in [1.29, 1.82) is 0 Å². The van der Waals surface area contributed by atoms with E-state index >= 15 is 0 Å². The monoisotopic (exact) mass is 379 g/mol. The zero-order valence-electron chi connectivity index (χ0n) is 14.8. The second-order valence-electron chi connectivity index (χ2n) is 6.11. The van der Waals surface area contributed by atoms with Crippen molar-refractivity contribution >= 4 is 11.7 Å². The maximum absolute atomic E-state index is 12.1. The van der Waals surface area contributed by atoms with Crippen LogP contribution in [-0.2, 0) is 11.3 Å². The highest BCUT2D eigenvalue weighted by molar-refractivity contribution is 5.97. The van der Waals surface area contributed by atoms with Crippen molar-refractivity contribution in [2.45, 2.75) is 32.5 Å². The number of Topliss-reactive ketones (excluding diaryl/α,β-unsaturated/α-hetero) is 1. The number of amides is 1. The van der Waals surface area contributed by atoms with E-state index in [0.29, 0.717) is 11.1 Å². The Hall–Kier alpha value is -2.83. The average Bonchev–Trinajstić information content (AvgIpc) is 2.63. The first-order valence-electron chi connectivity index (χ1n) is 8.38. The summed E-state index contributed by atoms with van der Waals surface area (Å²) in [6, 6.07) is 13.1. The number of aryl methyl sites for hydroxylation is 1. The molecule has 2 aromatic rings. The van der Waals surface area contributed by atoms with E-state index in [1.807, 2.05) is 19.1 Å². The lowest BCUT2D eigenvalue weighted by Crippen LogP contribution is -2.23. The number of rotatable bonds is 8. The summed E-state index contributed by atoms with van der Waals surface area (Å²) in [7, 11) is 0. The lowest BCUT2D eigenvalue weighted by molar-refractivity contribution is -0.153. The molecule has 0 aliphatic carbocycles. The van der Waals surface area contributed by atoms with E-state index in [1.54, 1.807) is 24.3 Å². The molecule has 0 aliphatic rings. The molecule has 0 unspecified atom stereocenters. The SMILES string of the molecule is Cc1ccc(C(=O)CCC(=O)NCc2ccc(OCC(F)(F)F)cc2)cc1. The third-order valence-electron chi connectivity index (χ3n) is 3.77. The van der Waals surface area contributed by atoms with Gasteiger partial charge in [0.25, 0.3) is 0 Å². The summed E-state index contributed by atoms with van der Waals surface area (Å²) in [6.07, 6.45) is -4.21. The van der Waals surface area contributed by atoms with Gasteiger partial charge in [0.05, 0.1) is 0 Å². The van der Waals surface area contributed by atoms with E-state index in [9.17, 15) is 22.8 Å². The van der Waals surface area contributed by atoms with Gasteiger partial charge in [-0.05, 0) is 24.6 Å². The Bertz CT molecular complexity index is 769. The van der Waals surface area contributed by atoms with Gasteiger partial charge in [-0.15, -0.1) is 0 Å². The Labute approximate surface area is 155 Å². The molecule has 144 valence electrons. The highest BCUT2D eigenvalue weighted by atomic mass is 19.4. The highest BCUT2D eigenvalue weighted by Gasteiger charge is 2.28. The maximum atomic E-state index is 12.1. The number of benzene rings is 2. The molecule has 0 heterocycles. The molecular formula is C20H20F3NO3. The Kier molecular flexibility index (Phi) is 6.98. The molecule has 0 radical (unpaired) electrons. The number of carbonyl (C=O) groups excluding carboxylic acids is 2. The molecule has 2 rings (SSSR count). The van der Waals surface area contributed by atoms with E-state index in [1.165, 1.54) is 12.1 Å². The van der Waals surface area contributed by atoms with Gasteiger partial charge in [-0.2, -0.15) is 13.2 Å². The Morgan fingerprint density at radius 3 is 2.19 bits per heavy atom. The molecule has 0 fully saturated rings. The Morgan fingerprint density at radius 1 is 0.963 bits per heavy atom. The molecule has 0 aromatic heterocycles. The number of carbonyl (C=O) groups is 2. The first kappa shape index (κ1) is 20.5. The number of hydrogen-bond acceptors (Lipinski definition) is 3. The maximum Gasteiger partial charge on any atom is 0.422 e. The third kappa shape index (κ3) is 7.52. The van der Waals surface area contributed by atoms with Crippen molar-refractivity contribution in [1.82, 2.24) is 5.32 Å². The number of alkyl halides is 3. The fourth-order valence-corrected chi connectivity index (χ4v) is 2.27. The van der Waals surface area contributed by atoms with Gasteiger partial charge in [0, 0.05) is 24.9 Å².